The highest BCUT2D eigenvalue weighted by atomic mass is 16.5. The molecule has 0 saturated heterocycles. The number of nitrogen functional groups attached to an aromatic ring is 1. The molecule has 5 heteroatoms. The smallest absolute Gasteiger partial charge is 0.227 e. The molecule has 0 fully saturated rings. The van der Waals surface area contributed by atoms with E-state index in [1.54, 1.807) is 0 Å². The van der Waals surface area contributed by atoms with Crippen LogP contribution < -0.4 is 5.73 Å². The number of aromatic nitrogens is 3. The molecule has 0 atom stereocenters. The lowest BCUT2D eigenvalue weighted by Gasteiger charge is -1.96. The lowest BCUT2D eigenvalue weighted by molar-refractivity contribution is 0.442. The summed E-state index contributed by atoms with van der Waals surface area (Å²) in [5, 5.41) is 3.90. The average Bonchev–Trinajstić information content (AvgIpc) is 2.48. The van der Waals surface area contributed by atoms with Crippen molar-refractivity contribution in [3.05, 3.63) is 12.0 Å². The molecule has 0 saturated carbocycles. The number of anilines is 1. The van der Waals surface area contributed by atoms with Crippen molar-refractivity contribution in [2.75, 3.05) is 5.73 Å². The van der Waals surface area contributed by atoms with Crippen LogP contribution in [0, 0.1) is 0 Å². The van der Waals surface area contributed by atoms with Gasteiger partial charge in [-0.15, -0.1) is 0 Å². The predicted molar refractivity (Wildman–Crippen MR) is 48.1 cm³/mol. The average molecular weight is 178 g/mol. The van der Waals surface area contributed by atoms with Crippen LogP contribution in [-0.2, 0) is 0 Å². The van der Waals surface area contributed by atoms with Gasteiger partial charge in [-0.2, -0.15) is 0 Å². The van der Waals surface area contributed by atoms with Crippen LogP contribution in [0.4, 0.5) is 5.82 Å². The van der Waals surface area contributed by atoms with Crippen LogP contribution in [0.25, 0.3) is 11.1 Å². The molecule has 0 radical (unpaired) electrons. The van der Waals surface area contributed by atoms with Gasteiger partial charge in [-0.3, -0.25) is 0 Å². The Bertz CT molecular complexity index is 435. The van der Waals surface area contributed by atoms with E-state index < -0.39 is 0 Å². The van der Waals surface area contributed by atoms with Crippen LogP contribution in [0.1, 0.15) is 25.5 Å². The van der Waals surface area contributed by atoms with E-state index >= 15 is 0 Å². The van der Waals surface area contributed by atoms with Gasteiger partial charge in [-0.1, -0.05) is 19.0 Å². The minimum Gasteiger partial charge on any atom is -0.380 e. The minimum absolute atomic E-state index is 0.274. The van der Waals surface area contributed by atoms with Gasteiger partial charge in [0, 0.05) is 5.92 Å². The van der Waals surface area contributed by atoms with Crippen molar-refractivity contribution in [2.24, 2.45) is 0 Å². The van der Waals surface area contributed by atoms with Crippen LogP contribution in [0.5, 0.6) is 0 Å². The molecule has 13 heavy (non-hydrogen) atoms. The van der Waals surface area contributed by atoms with Gasteiger partial charge in [-0.25, -0.2) is 9.97 Å². The van der Waals surface area contributed by atoms with E-state index in [9.17, 15) is 0 Å². The van der Waals surface area contributed by atoms with Crippen molar-refractivity contribution in [2.45, 2.75) is 19.8 Å². The van der Waals surface area contributed by atoms with Crippen molar-refractivity contribution < 1.29 is 4.52 Å². The fourth-order valence-corrected chi connectivity index (χ4v) is 1.18. The van der Waals surface area contributed by atoms with Crippen molar-refractivity contribution in [1.29, 1.82) is 0 Å². The standard InChI is InChI=1S/C8H10N4O/c1-4(2)5-6-7(13-12-5)8(9)11-3-10-6/h3-4H,1-2H3,(H2,9,10,11). The third-order valence-corrected chi connectivity index (χ3v) is 1.86. The van der Waals surface area contributed by atoms with Gasteiger partial charge in [0.05, 0.1) is 0 Å². The molecular weight excluding hydrogens is 168 g/mol. The number of fused-ring (bicyclic) bond motifs is 1. The van der Waals surface area contributed by atoms with Gasteiger partial charge in [0.15, 0.2) is 5.82 Å². The molecule has 0 aromatic carbocycles. The normalized spacial score (nSPS) is 11.3. The second kappa shape index (κ2) is 2.69. The lowest BCUT2D eigenvalue weighted by atomic mass is 10.1. The molecule has 2 aromatic rings. The summed E-state index contributed by atoms with van der Waals surface area (Å²) < 4.78 is 5.04. The van der Waals surface area contributed by atoms with Gasteiger partial charge in [0.25, 0.3) is 0 Å². The zero-order valence-electron chi connectivity index (χ0n) is 7.48. The van der Waals surface area contributed by atoms with Crippen LogP contribution >= 0.6 is 0 Å². The Morgan fingerprint density at radius 2 is 2.15 bits per heavy atom. The number of rotatable bonds is 1. The largest absolute Gasteiger partial charge is 0.380 e. The number of hydrogen-bond donors (Lipinski definition) is 1. The zero-order chi connectivity index (χ0) is 9.42. The van der Waals surface area contributed by atoms with Crippen LogP contribution in [0.3, 0.4) is 0 Å². The van der Waals surface area contributed by atoms with E-state index in [4.69, 9.17) is 10.3 Å². The Labute approximate surface area is 75.0 Å². The quantitative estimate of drug-likeness (QED) is 0.712. The highest BCUT2D eigenvalue weighted by Crippen LogP contribution is 2.24. The Balaban J connectivity index is 2.75. The molecule has 2 N–H and O–H groups in total. The van der Waals surface area contributed by atoms with E-state index in [0.717, 1.165) is 5.69 Å². The number of hydrogen-bond acceptors (Lipinski definition) is 5. The molecule has 0 aliphatic carbocycles. The summed E-state index contributed by atoms with van der Waals surface area (Å²) in [7, 11) is 0. The molecule has 2 heterocycles. The highest BCUT2D eigenvalue weighted by Gasteiger charge is 2.14. The van der Waals surface area contributed by atoms with Gasteiger partial charge in [0.2, 0.25) is 5.58 Å². The molecule has 0 unspecified atom stereocenters. The summed E-state index contributed by atoms with van der Waals surface area (Å²) in [5.74, 6) is 0.611. The van der Waals surface area contributed by atoms with Crippen molar-refractivity contribution in [1.82, 2.24) is 15.1 Å². The molecule has 0 bridgehead atoms. The third-order valence-electron chi connectivity index (χ3n) is 1.86. The first-order valence-electron chi connectivity index (χ1n) is 4.06. The molecule has 2 aromatic heterocycles. The van der Waals surface area contributed by atoms with Crippen molar-refractivity contribution in [3.63, 3.8) is 0 Å². The van der Waals surface area contributed by atoms with Crippen molar-refractivity contribution >= 4 is 16.9 Å². The summed E-state index contributed by atoms with van der Waals surface area (Å²) >= 11 is 0. The molecule has 0 spiro atoms. The summed E-state index contributed by atoms with van der Waals surface area (Å²) in [6, 6.07) is 0. The van der Waals surface area contributed by atoms with Gasteiger partial charge >= 0.3 is 0 Å². The third kappa shape index (κ3) is 1.12. The van der Waals surface area contributed by atoms with E-state index in [1.165, 1.54) is 6.33 Å². The predicted octanol–water partition coefficient (Wildman–Crippen LogP) is 1.32. The maximum atomic E-state index is 5.58. The Kier molecular flexibility index (Phi) is 1.65. The lowest BCUT2D eigenvalue weighted by Crippen LogP contribution is -1.93. The SMILES string of the molecule is CC(C)c1noc2c(N)ncnc12. The maximum Gasteiger partial charge on any atom is 0.227 e. The first-order valence-corrected chi connectivity index (χ1v) is 4.06. The van der Waals surface area contributed by atoms with Crippen LogP contribution in [-0.4, -0.2) is 15.1 Å². The first-order chi connectivity index (χ1) is 6.20. The number of nitrogens with zero attached hydrogens (tertiary/aromatic N) is 3. The second-order valence-corrected chi connectivity index (χ2v) is 3.16. The monoisotopic (exact) mass is 178 g/mol. The molecule has 0 amide bonds. The van der Waals surface area contributed by atoms with Gasteiger partial charge in [-0.05, 0) is 0 Å². The van der Waals surface area contributed by atoms with E-state index in [0.29, 0.717) is 16.9 Å². The van der Waals surface area contributed by atoms with E-state index in [-0.39, 0.29) is 5.92 Å². The second-order valence-electron chi connectivity index (χ2n) is 3.16. The molecule has 2 rings (SSSR count). The Hall–Kier alpha value is -1.65. The molecular formula is C8H10N4O. The molecule has 0 aliphatic heterocycles. The maximum absolute atomic E-state index is 5.58. The van der Waals surface area contributed by atoms with Gasteiger partial charge in [0.1, 0.15) is 17.5 Å². The topological polar surface area (TPSA) is 77.8 Å². The van der Waals surface area contributed by atoms with E-state index in [1.807, 2.05) is 13.8 Å². The summed E-state index contributed by atoms with van der Waals surface area (Å²) in [4.78, 5) is 7.89. The van der Waals surface area contributed by atoms with Crippen LogP contribution in [0.2, 0.25) is 0 Å². The van der Waals surface area contributed by atoms with Gasteiger partial charge < -0.3 is 10.3 Å². The Morgan fingerprint density at radius 3 is 2.85 bits per heavy atom. The minimum atomic E-state index is 0.274. The fraction of sp³-hybridized carbons (Fsp3) is 0.375. The first kappa shape index (κ1) is 7.97. The molecule has 68 valence electrons. The fourth-order valence-electron chi connectivity index (χ4n) is 1.18. The molecule has 0 aliphatic rings. The summed E-state index contributed by atoms with van der Waals surface area (Å²) in [5.41, 5.74) is 7.60. The molecule has 5 nitrogen and oxygen atoms in total. The summed E-state index contributed by atoms with van der Waals surface area (Å²) in [6.07, 6.45) is 1.42. The zero-order valence-corrected chi connectivity index (χ0v) is 7.48. The highest BCUT2D eigenvalue weighted by molar-refractivity contribution is 5.83. The Morgan fingerprint density at radius 1 is 1.38 bits per heavy atom. The van der Waals surface area contributed by atoms with E-state index in [2.05, 4.69) is 15.1 Å². The number of nitrogens with two attached hydrogens (primary N) is 1. The van der Waals surface area contributed by atoms with Crippen molar-refractivity contribution in [3.8, 4) is 0 Å². The van der Waals surface area contributed by atoms with Crippen LogP contribution in [0.15, 0.2) is 10.9 Å². The summed E-state index contributed by atoms with van der Waals surface area (Å²) in [6.45, 7) is 4.05.